The van der Waals surface area contributed by atoms with Gasteiger partial charge < -0.3 is 14.2 Å². The summed E-state index contributed by atoms with van der Waals surface area (Å²) in [4.78, 5) is 19.8. The molecule has 1 fully saturated rings. The van der Waals surface area contributed by atoms with Gasteiger partial charge in [-0.2, -0.15) is 0 Å². The molecule has 3 aromatic rings. The zero-order chi connectivity index (χ0) is 20.3. The van der Waals surface area contributed by atoms with Gasteiger partial charge in [0.25, 0.3) is 5.91 Å². The minimum absolute atomic E-state index is 0.0698. The maximum Gasteiger partial charge on any atom is 0.254 e. The summed E-state index contributed by atoms with van der Waals surface area (Å²) in [5.74, 6) is 1.78. The number of likely N-dealkylation sites (tertiary alicyclic amines) is 1. The number of carbonyl (C=O) groups excluding carboxylic acids is 1. The lowest BCUT2D eigenvalue weighted by molar-refractivity contribution is 0.0648. The fraction of sp³-hybridized carbons (Fsp3) is 0.391. The SMILES string of the molecule is Cc1cc(Cl)ccc1[C@@H]1CCc2c(C(=O)N3CCC3)cc3c(nc(C)n3C)c2O1. The summed E-state index contributed by atoms with van der Waals surface area (Å²) in [6.07, 6.45) is 2.63. The van der Waals surface area contributed by atoms with E-state index in [4.69, 9.17) is 21.3 Å². The molecule has 5 rings (SSSR count). The maximum atomic E-state index is 13.1. The number of nitrogens with zero attached hydrogens (tertiary/aromatic N) is 3. The number of ether oxygens (including phenoxy) is 1. The first-order chi connectivity index (χ1) is 13.9. The van der Waals surface area contributed by atoms with Crippen molar-refractivity contribution in [2.45, 2.75) is 39.2 Å². The minimum Gasteiger partial charge on any atom is -0.483 e. The van der Waals surface area contributed by atoms with E-state index in [-0.39, 0.29) is 12.0 Å². The van der Waals surface area contributed by atoms with Crippen molar-refractivity contribution in [3.05, 3.63) is 57.4 Å². The molecule has 2 aliphatic rings. The zero-order valence-corrected chi connectivity index (χ0v) is 17.7. The van der Waals surface area contributed by atoms with E-state index < -0.39 is 0 Å². The summed E-state index contributed by atoms with van der Waals surface area (Å²) < 4.78 is 8.58. The van der Waals surface area contributed by atoms with E-state index in [0.717, 1.165) is 82.2 Å². The van der Waals surface area contributed by atoms with Crippen LogP contribution in [0.3, 0.4) is 0 Å². The van der Waals surface area contributed by atoms with Crippen LogP contribution in [-0.2, 0) is 13.5 Å². The molecule has 1 atom stereocenters. The minimum atomic E-state index is -0.0698. The smallest absolute Gasteiger partial charge is 0.254 e. The van der Waals surface area contributed by atoms with Crippen molar-refractivity contribution in [2.24, 2.45) is 7.05 Å². The van der Waals surface area contributed by atoms with E-state index in [1.54, 1.807) is 0 Å². The molecule has 0 radical (unpaired) electrons. The Morgan fingerprint density at radius 3 is 2.72 bits per heavy atom. The molecular formula is C23H24ClN3O2. The molecule has 0 aliphatic carbocycles. The van der Waals surface area contributed by atoms with Gasteiger partial charge >= 0.3 is 0 Å². The van der Waals surface area contributed by atoms with E-state index in [1.165, 1.54) is 0 Å². The summed E-state index contributed by atoms with van der Waals surface area (Å²) in [6, 6.07) is 7.93. The van der Waals surface area contributed by atoms with Gasteiger partial charge in [0.1, 0.15) is 17.4 Å². The second kappa shape index (κ2) is 6.77. The summed E-state index contributed by atoms with van der Waals surface area (Å²) in [6.45, 7) is 5.71. The first-order valence-corrected chi connectivity index (χ1v) is 10.5. The first kappa shape index (κ1) is 18.5. The highest BCUT2D eigenvalue weighted by atomic mass is 35.5. The molecule has 0 N–H and O–H groups in total. The van der Waals surface area contributed by atoms with Gasteiger partial charge in [0.2, 0.25) is 0 Å². The van der Waals surface area contributed by atoms with E-state index >= 15 is 0 Å². The highest BCUT2D eigenvalue weighted by Crippen LogP contribution is 2.43. The number of halogens is 1. The summed E-state index contributed by atoms with van der Waals surface area (Å²) >= 11 is 6.14. The molecule has 0 saturated carbocycles. The number of rotatable bonds is 2. The fourth-order valence-corrected chi connectivity index (χ4v) is 4.63. The Morgan fingerprint density at radius 2 is 2.03 bits per heavy atom. The Morgan fingerprint density at radius 1 is 1.24 bits per heavy atom. The number of benzene rings is 2. The number of imidazole rings is 1. The molecule has 1 aromatic heterocycles. The summed E-state index contributed by atoms with van der Waals surface area (Å²) in [5.41, 5.74) is 5.81. The predicted octanol–water partition coefficient (Wildman–Crippen LogP) is 4.76. The van der Waals surface area contributed by atoms with Gasteiger partial charge in [-0.1, -0.05) is 17.7 Å². The van der Waals surface area contributed by atoms with Gasteiger partial charge in [-0.15, -0.1) is 0 Å². The van der Waals surface area contributed by atoms with Crippen LogP contribution in [0.25, 0.3) is 11.0 Å². The van der Waals surface area contributed by atoms with Crippen LogP contribution < -0.4 is 4.74 Å². The van der Waals surface area contributed by atoms with Crippen molar-refractivity contribution < 1.29 is 9.53 Å². The molecule has 2 aliphatic heterocycles. The number of carbonyl (C=O) groups is 1. The molecule has 29 heavy (non-hydrogen) atoms. The molecule has 0 bridgehead atoms. The Kier molecular flexibility index (Phi) is 4.32. The predicted molar refractivity (Wildman–Crippen MR) is 114 cm³/mol. The number of hydrogen-bond acceptors (Lipinski definition) is 3. The Balaban J connectivity index is 1.64. The average molecular weight is 410 g/mol. The summed E-state index contributed by atoms with van der Waals surface area (Å²) in [7, 11) is 1.98. The van der Waals surface area contributed by atoms with Crippen molar-refractivity contribution in [3.8, 4) is 5.75 Å². The van der Waals surface area contributed by atoms with E-state index in [2.05, 4.69) is 6.92 Å². The van der Waals surface area contributed by atoms with E-state index in [9.17, 15) is 4.79 Å². The molecular weight excluding hydrogens is 386 g/mol. The quantitative estimate of drug-likeness (QED) is 0.613. The maximum absolute atomic E-state index is 13.1. The number of aryl methyl sites for hydroxylation is 3. The number of amides is 1. The van der Waals surface area contributed by atoms with Crippen molar-refractivity contribution >= 4 is 28.5 Å². The lowest BCUT2D eigenvalue weighted by atomic mass is 9.91. The first-order valence-electron chi connectivity index (χ1n) is 10.1. The van der Waals surface area contributed by atoms with Crippen LogP contribution in [0.4, 0.5) is 0 Å². The average Bonchev–Trinajstić information content (AvgIpc) is 2.94. The van der Waals surface area contributed by atoms with Crippen molar-refractivity contribution in [2.75, 3.05) is 13.1 Å². The van der Waals surface area contributed by atoms with E-state index in [0.29, 0.717) is 0 Å². The largest absolute Gasteiger partial charge is 0.483 e. The second-order valence-electron chi connectivity index (χ2n) is 8.11. The van der Waals surface area contributed by atoms with Crippen LogP contribution in [0.1, 0.15) is 51.8 Å². The Labute approximate surface area is 175 Å². The summed E-state index contributed by atoms with van der Waals surface area (Å²) in [5, 5.41) is 0.729. The number of fused-ring (bicyclic) bond motifs is 3. The van der Waals surface area contributed by atoms with Crippen molar-refractivity contribution in [3.63, 3.8) is 0 Å². The third-order valence-electron chi connectivity index (χ3n) is 6.33. The molecule has 2 aromatic carbocycles. The van der Waals surface area contributed by atoms with Gasteiger partial charge in [0.15, 0.2) is 5.75 Å². The molecule has 1 amide bonds. The Hall–Kier alpha value is -2.53. The second-order valence-corrected chi connectivity index (χ2v) is 8.55. The van der Waals surface area contributed by atoms with Gasteiger partial charge in [-0.05, 0) is 62.4 Å². The van der Waals surface area contributed by atoms with Gasteiger partial charge in [-0.3, -0.25) is 4.79 Å². The van der Waals surface area contributed by atoms with Crippen LogP contribution in [-0.4, -0.2) is 33.4 Å². The van der Waals surface area contributed by atoms with E-state index in [1.807, 2.05) is 47.7 Å². The molecule has 5 nitrogen and oxygen atoms in total. The normalized spacial score (nSPS) is 18.3. The zero-order valence-electron chi connectivity index (χ0n) is 17.0. The van der Waals surface area contributed by atoms with Crippen LogP contribution in [0.15, 0.2) is 24.3 Å². The lowest BCUT2D eigenvalue weighted by Crippen LogP contribution is -2.42. The number of hydrogen-bond donors (Lipinski definition) is 0. The molecule has 0 unspecified atom stereocenters. The van der Waals surface area contributed by atoms with Crippen LogP contribution >= 0.6 is 11.6 Å². The third-order valence-corrected chi connectivity index (χ3v) is 6.56. The highest BCUT2D eigenvalue weighted by Gasteiger charge is 2.32. The molecule has 150 valence electrons. The van der Waals surface area contributed by atoms with Crippen molar-refractivity contribution in [1.29, 1.82) is 0 Å². The topological polar surface area (TPSA) is 47.4 Å². The molecule has 6 heteroatoms. The Bertz CT molecular complexity index is 1150. The van der Waals surface area contributed by atoms with Gasteiger partial charge in [0, 0.05) is 36.3 Å². The highest BCUT2D eigenvalue weighted by molar-refractivity contribution is 6.30. The third kappa shape index (κ3) is 2.91. The van der Waals surface area contributed by atoms with Crippen LogP contribution in [0.5, 0.6) is 5.75 Å². The molecule has 0 spiro atoms. The molecule has 3 heterocycles. The van der Waals surface area contributed by atoms with Gasteiger partial charge in [-0.25, -0.2) is 4.98 Å². The standard InChI is InChI=1S/C23H24ClN3O2/c1-13-11-15(24)5-6-16(13)20-8-7-17-18(23(28)27-9-4-10-27)12-19-21(22(17)29-20)25-14(2)26(19)3/h5-6,11-12,20H,4,7-10H2,1-3H3/t20-/m0/s1. The van der Waals surface area contributed by atoms with Crippen molar-refractivity contribution in [1.82, 2.24) is 14.5 Å². The van der Waals surface area contributed by atoms with Crippen LogP contribution in [0, 0.1) is 13.8 Å². The fourth-order valence-electron chi connectivity index (χ4n) is 4.40. The lowest BCUT2D eigenvalue weighted by Gasteiger charge is -2.33. The number of aromatic nitrogens is 2. The monoisotopic (exact) mass is 409 g/mol. The molecule has 1 saturated heterocycles. The van der Waals surface area contributed by atoms with Gasteiger partial charge in [0.05, 0.1) is 5.52 Å². The van der Waals surface area contributed by atoms with Crippen LogP contribution in [0.2, 0.25) is 5.02 Å².